The zero-order valence-electron chi connectivity index (χ0n) is 14.0. The summed E-state index contributed by atoms with van der Waals surface area (Å²) in [6.07, 6.45) is -3.55. The van der Waals surface area contributed by atoms with Crippen molar-refractivity contribution in [3.63, 3.8) is 0 Å². The highest BCUT2D eigenvalue weighted by atomic mass is 32.2. The van der Waals surface area contributed by atoms with Crippen LogP contribution in [0.2, 0.25) is 0 Å². The summed E-state index contributed by atoms with van der Waals surface area (Å²) in [5, 5.41) is 17.3. The highest BCUT2D eigenvalue weighted by Gasteiger charge is 2.37. The van der Waals surface area contributed by atoms with Gasteiger partial charge in [-0.1, -0.05) is 42.1 Å². The Labute approximate surface area is 161 Å². The molecular formula is C19H11F3N2O3S. The maximum Gasteiger partial charge on any atom is 0.417 e. The molecule has 1 N–H and O–H groups in total. The Balaban J connectivity index is 2.17. The van der Waals surface area contributed by atoms with E-state index in [9.17, 15) is 28.3 Å². The van der Waals surface area contributed by atoms with E-state index < -0.39 is 28.5 Å². The van der Waals surface area contributed by atoms with Crippen molar-refractivity contribution < 1.29 is 27.5 Å². The first-order chi connectivity index (χ1) is 13.3. The second-order valence-electron chi connectivity index (χ2n) is 5.57. The minimum Gasteiger partial charge on any atom is -0.480 e. The number of rotatable bonds is 5. The van der Waals surface area contributed by atoms with Crippen molar-refractivity contribution in [1.29, 1.82) is 5.26 Å². The largest absolute Gasteiger partial charge is 0.480 e. The highest BCUT2D eigenvalue weighted by Crippen LogP contribution is 2.42. The summed E-state index contributed by atoms with van der Waals surface area (Å²) in [4.78, 5) is 15.8. The van der Waals surface area contributed by atoms with Gasteiger partial charge in [0.1, 0.15) is 22.0 Å². The topological polar surface area (TPSA) is 87.1 Å². The highest BCUT2D eigenvalue weighted by molar-refractivity contribution is 8.00. The summed E-state index contributed by atoms with van der Waals surface area (Å²) in [7, 11) is 0. The molecule has 2 aromatic heterocycles. The van der Waals surface area contributed by atoms with E-state index in [0.29, 0.717) is 17.3 Å². The molecule has 0 bridgehead atoms. The summed E-state index contributed by atoms with van der Waals surface area (Å²) < 4.78 is 45.7. The second-order valence-corrected chi connectivity index (χ2v) is 6.66. The van der Waals surface area contributed by atoms with Crippen molar-refractivity contribution in [3.8, 4) is 17.5 Å². The summed E-state index contributed by atoms with van der Waals surface area (Å²) in [6.45, 7) is 0. The van der Waals surface area contributed by atoms with Crippen molar-refractivity contribution in [2.24, 2.45) is 0 Å². The average Bonchev–Trinajstić information content (AvgIpc) is 3.20. The normalized spacial score (nSPS) is 12.4. The van der Waals surface area contributed by atoms with Gasteiger partial charge in [0.05, 0.1) is 17.4 Å². The molecule has 0 spiro atoms. The second kappa shape index (κ2) is 7.78. The summed E-state index contributed by atoms with van der Waals surface area (Å²) in [5.41, 5.74) is -1.70. The molecule has 142 valence electrons. The lowest BCUT2D eigenvalue weighted by Gasteiger charge is -2.16. The summed E-state index contributed by atoms with van der Waals surface area (Å²) in [6, 6.07) is 13.1. The molecule has 0 saturated carbocycles. The zero-order chi connectivity index (χ0) is 20.3. The van der Waals surface area contributed by atoms with Gasteiger partial charge >= 0.3 is 12.1 Å². The van der Waals surface area contributed by atoms with Crippen molar-refractivity contribution in [2.45, 2.75) is 16.5 Å². The van der Waals surface area contributed by atoms with Crippen molar-refractivity contribution in [3.05, 3.63) is 71.5 Å². The van der Waals surface area contributed by atoms with E-state index in [1.807, 2.05) is 0 Å². The van der Waals surface area contributed by atoms with Crippen LogP contribution in [-0.2, 0) is 11.0 Å². The van der Waals surface area contributed by atoms with Crippen LogP contribution in [0, 0.1) is 11.3 Å². The van der Waals surface area contributed by atoms with Crippen LogP contribution in [0.3, 0.4) is 0 Å². The third-order valence-electron chi connectivity index (χ3n) is 3.73. The number of aliphatic carboxylic acids is 1. The number of carbonyl (C=O) groups is 1. The van der Waals surface area contributed by atoms with E-state index in [1.165, 1.54) is 24.5 Å². The van der Waals surface area contributed by atoms with Gasteiger partial charge in [-0.2, -0.15) is 18.4 Å². The molecule has 3 aromatic rings. The molecule has 0 aliphatic rings. The third-order valence-corrected chi connectivity index (χ3v) is 4.96. The molecule has 28 heavy (non-hydrogen) atoms. The Bertz CT molecular complexity index is 1030. The van der Waals surface area contributed by atoms with Gasteiger partial charge in [0.2, 0.25) is 0 Å². The lowest BCUT2D eigenvalue weighted by Crippen LogP contribution is -2.13. The number of benzene rings is 1. The van der Waals surface area contributed by atoms with Crippen LogP contribution in [0.5, 0.6) is 0 Å². The minimum atomic E-state index is -4.82. The van der Waals surface area contributed by atoms with Crippen molar-refractivity contribution >= 4 is 17.7 Å². The fraction of sp³-hybridized carbons (Fsp3) is 0.105. The predicted octanol–water partition coefficient (Wildman–Crippen LogP) is 5.15. The van der Waals surface area contributed by atoms with Gasteiger partial charge in [0.15, 0.2) is 5.76 Å². The number of alkyl halides is 3. The molecule has 0 unspecified atom stereocenters. The fourth-order valence-electron chi connectivity index (χ4n) is 2.49. The molecular weight excluding hydrogens is 393 g/mol. The number of aromatic nitrogens is 1. The first-order valence-corrected chi connectivity index (χ1v) is 8.70. The molecule has 0 fully saturated rings. The molecule has 1 aromatic carbocycles. The third kappa shape index (κ3) is 4.02. The lowest BCUT2D eigenvalue weighted by molar-refractivity contribution is -0.138. The van der Waals surface area contributed by atoms with E-state index in [-0.39, 0.29) is 16.5 Å². The van der Waals surface area contributed by atoms with Gasteiger partial charge in [-0.25, -0.2) is 4.98 Å². The number of nitrogens with zero attached hydrogens (tertiary/aromatic N) is 2. The molecule has 0 aliphatic heterocycles. The number of hydrogen-bond acceptors (Lipinski definition) is 5. The van der Waals surface area contributed by atoms with E-state index in [1.54, 1.807) is 30.3 Å². The van der Waals surface area contributed by atoms with Crippen LogP contribution in [0.25, 0.3) is 11.5 Å². The van der Waals surface area contributed by atoms with Gasteiger partial charge in [-0.05, 0) is 23.8 Å². The van der Waals surface area contributed by atoms with Crippen LogP contribution in [-0.4, -0.2) is 16.1 Å². The predicted molar refractivity (Wildman–Crippen MR) is 94.3 cm³/mol. The molecule has 0 radical (unpaired) electrons. The number of carboxylic acid groups (broad SMARTS) is 1. The minimum absolute atomic E-state index is 0.0726. The fourth-order valence-corrected chi connectivity index (χ4v) is 3.53. The number of pyridine rings is 1. The monoisotopic (exact) mass is 404 g/mol. The molecule has 0 amide bonds. The first kappa shape index (κ1) is 19.5. The van der Waals surface area contributed by atoms with E-state index in [4.69, 9.17) is 4.42 Å². The molecule has 1 atom stereocenters. The Morgan fingerprint density at radius 1 is 1.21 bits per heavy atom. The van der Waals surface area contributed by atoms with Crippen LogP contribution in [0.1, 0.15) is 21.9 Å². The number of furan rings is 1. The van der Waals surface area contributed by atoms with E-state index >= 15 is 0 Å². The zero-order valence-corrected chi connectivity index (χ0v) is 14.8. The van der Waals surface area contributed by atoms with Gasteiger partial charge in [0, 0.05) is 0 Å². The lowest BCUT2D eigenvalue weighted by atomic mass is 10.1. The van der Waals surface area contributed by atoms with Crippen LogP contribution < -0.4 is 0 Å². The Morgan fingerprint density at radius 2 is 1.93 bits per heavy atom. The maximum absolute atomic E-state index is 13.5. The maximum atomic E-state index is 13.5. The number of carboxylic acids is 1. The number of hydrogen-bond donors (Lipinski definition) is 1. The quantitative estimate of drug-likeness (QED) is 0.592. The van der Waals surface area contributed by atoms with Gasteiger partial charge in [-0.15, -0.1) is 0 Å². The van der Waals surface area contributed by atoms with Crippen molar-refractivity contribution in [1.82, 2.24) is 4.98 Å². The summed E-state index contributed by atoms with van der Waals surface area (Å²) >= 11 is 0.568. The Morgan fingerprint density at radius 3 is 2.46 bits per heavy atom. The van der Waals surface area contributed by atoms with E-state index in [2.05, 4.69) is 4.98 Å². The van der Waals surface area contributed by atoms with Crippen LogP contribution >= 0.6 is 11.8 Å². The van der Waals surface area contributed by atoms with Crippen LogP contribution in [0.4, 0.5) is 13.2 Å². The number of thioether (sulfide) groups is 1. The van der Waals surface area contributed by atoms with Crippen LogP contribution in [0.15, 0.2) is 64.2 Å². The molecule has 2 heterocycles. The van der Waals surface area contributed by atoms with Gasteiger partial charge in [0.25, 0.3) is 0 Å². The van der Waals surface area contributed by atoms with Gasteiger partial charge in [-0.3, -0.25) is 4.79 Å². The molecule has 0 saturated heterocycles. The Hall–Kier alpha value is -3.25. The average molecular weight is 404 g/mol. The van der Waals surface area contributed by atoms with E-state index in [0.717, 1.165) is 6.07 Å². The van der Waals surface area contributed by atoms with Crippen molar-refractivity contribution in [2.75, 3.05) is 0 Å². The first-order valence-electron chi connectivity index (χ1n) is 7.82. The summed E-state index contributed by atoms with van der Waals surface area (Å²) in [5.74, 6) is -1.19. The van der Waals surface area contributed by atoms with Gasteiger partial charge < -0.3 is 9.52 Å². The molecule has 9 heteroatoms. The smallest absolute Gasteiger partial charge is 0.417 e. The number of nitriles is 1. The number of halogens is 3. The molecule has 5 nitrogen and oxygen atoms in total. The standard InChI is InChI=1S/C19H11F3N2O3S/c20-19(21,22)13-9-14(15-7-4-8-27-15)24-17(12(13)10-23)28-16(18(25)26)11-5-2-1-3-6-11/h1-9,16H,(H,25,26)/t16-/m0/s1. The molecule has 3 rings (SSSR count). The Kier molecular flexibility index (Phi) is 5.42. The molecule has 0 aliphatic carbocycles. The SMILES string of the molecule is N#Cc1c(C(F)(F)F)cc(-c2ccco2)nc1S[C@H](C(=O)O)c1ccccc1.